The number of halogens is 4. The summed E-state index contributed by atoms with van der Waals surface area (Å²) >= 11 is 0. The molecule has 0 heterocycles. The molecule has 0 aliphatic heterocycles. The van der Waals surface area contributed by atoms with E-state index in [2.05, 4.69) is 4.74 Å². The van der Waals surface area contributed by atoms with Crippen LogP contribution in [0.25, 0.3) is 0 Å². The standard InChI is InChI=1S/C6H10F4O2/c1-2-3-12-5(11)6(9,10)4(7)8/h4-5,11H,2-3H2,1H3. The molecule has 0 aliphatic rings. The molecular formula is C6H10F4O2. The molecule has 6 heteroatoms. The van der Waals surface area contributed by atoms with Gasteiger partial charge in [-0.2, -0.15) is 8.78 Å². The van der Waals surface area contributed by atoms with Gasteiger partial charge in [0.2, 0.25) is 6.29 Å². The van der Waals surface area contributed by atoms with Crippen molar-refractivity contribution in [2.75, 3.05) is 6.61 Å². The third kappa shape index (κ3) is 2.94. The van der Waals surface area contributed by atoms with Crippen LogP contribution in [0.5, 0.6) is 0 Å². The Morgan fingerprint density at radius 3 is 2.25 bits per heavy atom. The number of hydrogen-bond donors (Lipinski definition) is 1. The fourth-order valence-electron chi connectivity index (χ4n) is 0.448. The van der Waals surface area contributed by atoms with Crippen LogP contribution >= 0.6 is 0 Å². The number of alkyl halides is 4. The number of aliphatic hydroxyl groups is 1. The summed E-state index contributed by atoms with van der Waals surface area (Å²) in [5, 5.41) is 8.43. The van der Waals surface area contributed by atoms with Crippen molar-refractivity contribution < 1.29 is 27.4 Å². The number of ether oxygens (including phenoxy) is 1. The SMILES string of the molecule is CCCOC(O)C(F)(F)C(F)F. The summed E-state index contributed by atoms with van der Waals surface area (Å²) in [6.07, 6.45) is -6.27. The van der Waals surface area contributed by atoms with E-state index in [0.29, 0.717) is 6.42 Å². The van der Waals surface area contributed by atoms with Crippen LogP contribution < -0.4 is 0 Å². The van der Waals surface area contributed by atoms with Gasteiger partial charge in [-0.3, -0.25) is 0 Å². The van der Waals surface area contributed by atoms with Crippen molar-refractivity contribution in [1.82, 2.24) is 0 Å². The summed E-state index contributed by atoms with van der Waals surface area (Å²) in [4.78, 5) is 0. The number of aliphatic hydroxyl groups excluding tert-OH is 1. The zero-order chi connectivity index (χ0) is 9.78. The molecule has 0 saturated heterocycles. The van der Waals surface area contributed by atoms with Crippen molar-refractivity contribution >= 4 is 0 Å². The van der Waals surface area contributed by atoms with Crippen LogP contribution in [0.15, 0.2) is 0 Å². The third-order valence-corrected chi connectivity index (χ3v) is 1.10. The fraction of sp³-hybridized carbons (Fsp3) is 1.00. The van der Waals surface area contributed by atoms with E-state index in [1.165, 1.54) is 0 Å². The van der Waals surface area contributed by atoms with Gasteiger partial charge in [0.1, 0.15) is 0 Å². The second kappa shape index (κ2) is 4.61. The molecule has 1 unspecified atom stereocenters. The predicted octanol–water partition coefficient (Wildman–Crippen LogP) is 1.63. The van der Waals surface area contributed by atoms with Crippen molar-refractivity contribution in [2.24, 2.45) is 0 Å². The van der Waals surface area contributed by atoms with Gasteiger partial charge >= 0.3 is 12.3 Å². The first kappa shape index (κ1) is 11.6. The fourth-order valence-corrected chi connectivity index (χ4v) is 0.448. The first-order valence-corrected chi connectivity index (χ1v) is 3.38. The highest BCUT2D eigenvalue weighted by Gasteiger charge is 2.49. The van der Waals surface area contributed by atoms with Gasteiger partial charge in [0.25, 0.3) is 0 Å². The molecule has 0 radical (unpaired) electrons. The van der Waals surface area contributed by atoms with Gasteiger partial charge in [-0.15, -0.1) is 0 Å². The summed E-state index contributed by atoms with van der Waals surface area (Å²) in [5.74, 6) is -4.49. The van der Waals surface area contributed by atoms with Gasteiger partial charge in [0, 0.05) is 6.61 Å². The van der Waals surface area contributed by atoms with Crippen molar-refractivity contribution in [3.8, 4) is 0 Å². The van der Waals surface area contributed by atoms with E-state index < -0.39 is 18.6 Å². The molecule has 1 atom stereocenters. The van der Waals surface area contributed by atoms with E-state index in [-0.39, 0.29) is 6.61 Å². The molecule has 0 bridgehead atoms. The second-order valence-corrected chi connectivity index (χ2v) is 2.20. The molecule has 0 amide bonds. The van der Waals surface area contributed by atoms with E-state index in [9.17, 15) is 17.6 Å². The highest BCUT2D eigenvalue weighted by molar-refractivity contribution is 4.72. The molecule has 0 aromatic rings. The monoisotopic (exact) mass is 190 g/mol. The zero-order valence-electron chi connectivity index (χ0n) is 6.44. The van der Waals surface area contributed by atoms with E-state index in [0.717, 1.165) is 0 Å². The highest BCUT2D eigenvalue weighted by Crippen LogP contribution is 2.27. The normalized spacial score (nSPS) is 15.2. The summed E-state index contributed by atoms with van der Waals surface area (Å²) in [6, 6.07) is 0. The highest BCUT2D eigenvalue weighted by atomic mass is 19.3. The molecule has 0 aromatic heterocycles. The Kier molecular flexibility index (Phi) is 4.47. The Morgan fingerprint density at radius 1 is 1.42 bits per heavy atom. The van der Waals surface area contributed by atoms with Crippen LogP contribution in [-0.2, 0) is 4.74 Å². The number of hydrogen-bond acceptors (Lipinski definition) is 2. The van der Waals surface area contributed by atoms with E-state index in [1.807, 2.05) is 0 Å². The molecule has 0 fully saturated rings. The topological polar surface area (TPSA) is 29.5 Å². The van der Waals surface area contributed by atoms with Crippen LogP contribution in [0, 0.1) is 0 Å². The van der Waals surface area contributed by atoms with Crippen molar-refractivity contribution in [2.45, 2.75) is 32.0 Å². The second-order valence-electron chi connectivity index (χ2n) is 2.20. The third-order valence-electron chi connectivity index (χ3n) is 1.10. The van der Waals surface area contributed by atoms with Gasteiger partial charge < -0.3 is 9.84 Å². The molecular weight excluding hydrogens is 180 g/mol. The van der Waals surface area contributed by atoms with Crippen LogP contribution in [-0.4, -0.2) is 30.4 Å². The lowest BCUT2D eigenvalue weighted by atomic mass is 10.3. The maximum Gasteiger partial charge on any atom is 0.356 e. The number of rotatable bonds is 5. The zero-order valence-corrected chi connectivity index (χ0v) is 6.44. The molecule has 0 aromatic carbocycles. The van der Waals surface area contributed by atoms with Crippen LogP contribution in [0.4, 0.5) is 17.6 Å². The van der Waals surface area contributed by atoms with Crippen LogP contribution in [0.1, 0.15) is 13.3 Å². The van der Waals surface area contributed by atoms with Gasteiger partial charge in [0.05, 0.1) is 0 Å². The molecule has 1 N–H and O–H groups in total. The van der Waals surface area contributed by atoms with E-state index in [4.69, 9.17) is 5.11 Å². The first-order valence-electron chi connectivity index (χ1n) is 3.38. The Balaban J connectivity index is 3.97. The Bertz CT molecular complexity index is 129. The summed E-state index contributed by atoms with van der Waals surface area (Å²) < 4.78 is 51.3. The molecule has 12 heavy (non-hydrogen) atoms. The van der Waals surface area contributed by atoms with Gasteiger partial charge in [-0.05, 0) is 6.42 Å². The molecule has 0 spiro atoms. The predicted molar refractivity (Wildman–Crippen MR) is 33.2 cm³/mol. The Hall–Kier alpha value is -0.360. The molecule has 2 nitrogen and oxygen atoms in total. The minimum absolute atomic E-state index is 0.177. The quantitative estimate of drug-likeness (QED) is 0.527. The average molecular weight is 190 g/mol. The van der Waals surface area contributed by atoms with Crippen LogP contribution in [0.3, 0.4) is 0 Å². The molecule has 0 aliphatic carbocycles. The van der Waals surface area contributed by atoms with E-state index >= 15 is 0 Å². The maximum atomic E-state index is 12.1. The van der Waals surface area contributed by atoms with Crippen LogP contribution in [0.2, 0.25) is 0 Å². The van der Waals surface area contributed by atoms with Crippen molar-refractivity contribution in [3.05, 3.63) is 0 Å². The Morgan fingerprint density at radius 2 is 1.92 bits per heavy atom. The maximum absolute atomic E-state index is 12.1. The lowest BCUT2D eigenvalue weighted by Gasteiger charge is -2.21. The largest absolute Gasteiger partial charge is 0.363 e. The summed E-state index contributed by atoms with van der Waals surface area (Å²) in [7, 11) is 0. The van der Waals surface area contributed by atoms with Gasteiger partial charge in [-0.1, -0.05) is 6.92 Å². The average Bonchev–Trinajstić information content (AvgIpc) is 1.99. The minimum Gasteiger partial charge on any atom is -0.363 e. The lowest BCUT2D eigenvalue weighted by Crippen LogP contribution is -2.42. The lowest BCUT2D eigenvalue weighted by molar-refractivity contribution is -0.276. The van der Waals surface area contributed by atoms with Crippen molar-refractivity contribution in [1.29, 1.82) is 0 Å². The first-order chi connectivity index (χ1) is 5.42. The smallest absolute Gasteiger partial charge is 0.356 e. The summed E-state index contributed by atoms with van der Waals surface area (Å²) in [5.41, 5.74) is 0. The molecule has 74 valence electrons. The van der Waals surface area contributed by atoms with E-state index in [1.54, 1.807) is 6.92 Å². The van der Waals surface area contributed by atoms with Gasteiger partial charge in [-0.25, -0.2) is 8.78 Å². The molecule has 0 rings (SSSR count). The summed E-state index contributed by atoms with van der Waals surface area (Å²) in [6.45, 7) is 1.43. The van der Waals surface area contributed by atoms with Gasteiger partial charge in [0.15, 0.2) is 0 Å². The van der Waals surface area contributed by atoms with Crippen molar-refractivity contribution in [3.63, 3.8) is 0 Å². The minimum atomic E-state index is -4.49. The molecule has 0 saturated carbocycles. The Labute approximate surface area is 67.1 Å².